The number of anilines is 1. The summed E-state index contributed by atoms with van der Waals surface area (Å²) in [6.07, 6.45) is 3.21. The standard InChI is InChI=1S/C11H18N2O/c1-9(14)6-7-10-5-4-8-12-11(10)13(2)3/h4-5,8-9,14H,6-7H2,1-3H3/t9-/m0/s1. The predicted octanol–water partition coefficient (Wildman–Crippen LogP) is 1.46. The fourth-order valence-electron chi connectivity index (χ4n) is 1.39. The third kappa shape index (κ3) is 3.00. The monoisotopic (exact) mass is 194 g/mol. The first-order valence-electron chi connectivity index (χ1n) is 4.90. The molecular formula is C11H18N2O. The van der Waals surface area contributed by atoms with Gasteiger partial charge in [0.1, 0.15) is 5.82 Å². The molecule has 1 heterocycles. The number of pyridine rings is 1. The summed E-state index contributed by atoms with van der Waals surface area (Å²) in [5.41, 5.74) is 1.19. The van der Waals surface area contributed by atoms with Crippen LogP contribution < -0.4 is 4.90 Å². The molecule has 0 saturated heterocycles. The van der Waals surface area contributed by atoms with E-state index in [-0.39, 0.29) is 6.10 Å². The van der Waals surface area contributed by atoms with E-state index in [1.807, 2.05) is 32.0 Å². The van der Waals surface area contributed by atoms with Gasteiger partial charge < -0.3 is 10.0 Å². The Labute approximate surface area is 85.4 Å². The van der Waals surface area contributed by atoms with E-state index in [4.69, 9.17) is 0 Å². The second kappa shape index (κ2) is 4.96. The van der Waals surface area contributed by atoms with Crippen molar-refractivity contribution in [2.75, 3.05) is 19.0 Å². The van der Waals surface area contributed by atoms with Crippen LogP contribution >= 0.6 is 0 Å². The number of aliphatic hydroxyl groups excluding tert-OH is 1. The smallest absolute Gasteiger partial charge is 0.131 e. The number of aliphatic hydroxyl groups is 1. The van der Waals surface area contributed by atoms with Crippen molar-refractivity contribution in [3.05, 3.63) is 23.9 Å². The molecule has 1 rings (SSSR count). The third-order valence-electron chi connectivity index (χ3n) is 2.12. The van der Waals surface area contributed by atoms with Gasteiger partial charge in [0.25, 0.3) is 0 Å². The highest BCUT2D eigenvalue weighted by atomic mass is 16.3. The Hall–Kier alpha value is -1.09. The number of aromatic nitrogens is 1. The van der Waals surface area contributed by atoms with Crippen molar-refractivity contribution in [3.8, 4) is 0 Å². The number of rotatable bonds is 4. The van der Waals surface area contributed by atoms with Crippen LogP contribution in [0, 0.1) is 0 Å². The Kier molecular flexibility index (Phi) is 3.89. The second-order valence-electron chi connectivity index (χ2n) is 3.77. The lowest BCUT2D eigenvalue weighted by Gasteiger charge is -2.16. The highest BCUT2D eigenvalue weighted by Crippen LogP contribution is 2.16. The van der Waals surface area contributed by atoms with Crippen LogP contribution in [-0.2, 0) is 6.42 Å². The fraction of sp³-hybridized carbons (Fsp3) is 0.545. The van der Waals surface area contributed by atoms with E-state index < -0.39 is 0 Å². The lowest BCUT2D eigenvalue weighted by Crippen LogP contribution is -2.14. The molecule has 0 aliphatic carbocycles. The molecule has 1 aromatic rings. The highest BCUT2D eigenvalue weighted by molar-refractivity contribution is 5.45. The van der Waals surface area contributed by atoms with Crippen LogP contribution in [0.5, 0.6) is 0 Å². The van der Waals surface area contributed by atoms with Crippen molar-refractivity contribution in [1.82, 2.24) is 4.98 Å². The summed E-state index contributed by atoms with van der Waals surface area (Å²) in [5.74, 6) is 0.994. The van der Waals surface area contributed by atoms with Crippen LogP contribution in [0.3, 0.4) is 0 Å². The van der Waals surface area contributed by atoms with E-state index in [1.165, 1.54) is 5.56 Å². The quantitative estimate of drug-likeness (QED) is 0.788. The summed E-state index contributed by atoms with van der Waals surface area (Å²) in [6.45, 7) is 1.81. The molecule has 3 nitrogen and oxygen atoms in total. The number of nitrogens with zero attached hydrogens (tertiary/aromatic N) is 2. The van der Waals surface area contributed by atoms with Gasteiger partial charge in [-0.1, -0.05) is 6.07 Å². The molecule has 78 valence electrons. The summed E-state index contributed by atoms with van der Waals surface area (Å²) in [6, 6.07) is 4.00. The van der Waals surface area contributed by atoms with Gasteiger partial charge in [0.15, 0.2) is 0 Å². The molecule has 0 spiro atoms. The van der Waals surface area contributed by atoms with Gasteiger partial charge in [0, 0.05) is 20.3 Å². The van der Waals surface area contributed by atoms with Gasteiger partial charge in [-0.3, -0.25) is 0 Å². The average molecular weight is 194 g/mol. The van der Waals surface area contributed by atoms with Crippen LogP contribution in [0.25, 0.3) is 0 Å². The fourth-order valence-corrected chi connectivity index (χ4v) is 1.39. The highest BCUT2D eigenvalue weighted by Gasteiger charge is 2.05. The van der Waals surface area contributed by atoms with Crippen molar-refractivity contribution in [2.45, 2.75) is 25.9 Å². The maximum absolute atomic E-state index is 9.21. The van der Waals surface area contributed by atoms with Gasteiger partial charge in [0.05, 0.1) is 6.10 Å². The van der Waals surface area contributed by atoms with Crippen LogP contribution in [0.1, 0.15) is 18.9 Å². The summed E-state index contributed by atoms with van der Waals surface area (Å²) >= 11 is 0. The molecule has 0 bridgehead atoms. The third-order valence-corrected chi connectivity index (χ3v) is 2.12. The molecule has 0 aliphatic rings. The molecule has 0 radical (unpaired) electrons. The zero-order chi connectivity index (χ0) is 10.6. The largest absolute Gasteiger partial charge is 0.393 e. The molecule has 0 aliphatic heterocycles. The maximum atomic E-state index is 9.21. The molecular weight excluding hydrogens is 176 g/mol. The molecule has 1 atom stereocenters. The van der Waals surface area contributed by atoms with Gasteiger partial charge in [-0.25, -0.2) is 4.98 Å². The summed E-state index contributed by atoms with van der Waals surface area (Å²) in [7, 11) is 3.96. The summed E-state index contributed by atoms with van der Waals surface area (Å²) in [5, 5.41) is 9.21. The molecule has 0 fully saturated rings. The van der Waals surface area contributed by atoms with Gasteiger partial charge in [0.2, 0.25) is 0 Å². The molecule has 0 amide bonds. The predicted molar refractivity (Wildman–Crippen MR) is 58.6 cm³/mol. The minimum Gasteiger partial charge on any atom is -0.393 e. The van der Waals surface area contributed by atoms with Gasteiger partial charge in [-0.05, 0) is 31.4 Å². The summed E-state index contributed by atoms with van der Waals surface area (Å²) < 4.78 is 0. The molecule has 0 aromatic carbocycles. The topological polar surface area (TPSA) is 36.4 Å². The average Bonchev–Trinajstić information content (AvgIpc) is 2.15. The first-order valence-corrected chi connectivity index (χ1v) is 4.90. The Morgan fingerprint density at radius 2 is 2.21 bits per heavy atom. The van der Waals surface area contributed by atoms with E-state index >= 15 is 0 Å². The first kappa shape index (κ1) is 11.0. The first-order chi connectivity index (χ1) is 6.61. The van der Waals surface area contributed by atoms with Crippen LogP contribution in [0.4, 0.5) is 5.82 Å². The van der Waals surface area contributed by atoms with Crippen molar-refractivity contribution >= 4 is 5.82 Å². The van der Waals surface area contributed by atoms with Gasteiger partial charge in [-0.2, -0.15) is 0 Å². The lowest BCUT2D eigenvalue weighted by atomic mass is 10.1. The van der Waals surface area contributed by atoms with Crippen molar-refractivity contribution < 1.29 is 5.11 Å². The van der Waals surface area contributed by atoms with Crippen molar-refractivity contribution in [1.29, 1.82) is 0 Å². The van der Waals surface area contributed by atoms with Crippen molar-refractivity contribution in [3.63, 3.8) is 0 Å². The second-order valence-corrected chi connectivity index (χ2v) is 3.77. The van der Waals surface area contributed by atoms with E-state index in [1.54, 1.807) is 6.20 Å². The Balaban J connectivity index is 2.74. The molecule has 14 heavy (non-hydrogen) atoms. The number of aryl methyl sites for hydroxylation is 1. The van der Waals surface area contributed by atoms with E-state index in [2.05, 4.69) is 11.1 Å². The number of hydrogen-bond donors (Lipinski definition) is 1. The molecule has 1 N–H and O–H groups in total. The van der Waals surface area contributed by atoms with Gasteiger partial charge in [-0.15, -0.1) is 0 Å². The van der Waals surface area contributed by atoms with E-state index in [0.717, 1.165) is 18.7 Å². The van der Waals surface area contributed by atoms with Crippen LogP contribution in [0.15, 0.2) is 18.3 Å². The SMILES string of the molecule is C[C@H](O)CCc1cccnc1N(C)C. The molecule has 3 heteroatoms. The molecule has 1 aromatic heterocycles. The molecule has 0 saturated carbocycles. The minimum absolute atomic E-state index is 0.245. The lowest BCUT2D eigenvalue weighted by molar-refractivity contribution is 0.185. The van der Waals surface area contributed by atoms with Crippen LogP contribution in [0.2, 0.25) is 0 Å². The Morgan fingerprint density at radius 1 is 1.50 bits per heavy atom. The number of hydrogen-bond acceptors (Lipinski definition) is 3. The Bertz CT molecular complexity index is 284. The van der Waals surface area contributed by atoms with E-state index in [9.17, 15) is 5.11 Å². The zero-order valence-corrected chi connectivity index (χ0v) is 9.07. The normalized spacial score (nSPS) is 12.6. The van der Waals surface area contributed by atoms with E-state index in [0.29, 0.717) is 0 Å². The maximum Gasteiger partial charge on any atom is 0.131 e. The zero-order valence-electron chi connectivity index (χ0n) is 9.07. The molecule has 0 unspecified atom stereocenters. The minimum atomic E-state index is -0.245. The van der Waals surface area contributed by atoms with Crippen LogP contribution in [-0.4, -0.2) is 30.3 Å². The van der Waals surface area contributed by atoms with Crippen molar-refractivity contribution in [2.24, 2.45) is 0 Å². The summed E-state index contributed by atoms with van der Waals surface area (Å²) in [4.78, 5) is 6.30. The Morgan fingerprint density at radius 3 is 2.79 bits per heavy atom. The van der Waals surface area contributed by atoms with Gasteiger partial charge >= 0.3 is 0 Å².